The van der Waals surface area contributed by atoms with Gasteiger partial charge in [-0.2, -0.15) is 0 Å². The highest BCUT2D eigenvalue weighted by Gasteiger charge is 2.55. The first-order valence-corrected chi connectivity index (χ1v) is 13.1. The number of piperidine rings is 1. The van der Waals surface area contributed by atoms with Crippen molar-refractivity contribution in [2.45, 2.75) is 69.6 Å². The number of carbonyl (C=O) groups excluding carboxylic acids is 2. The largest absolute Gasteiger partial charge is 0.465 e. The maximum absolute atomic E-state index is 14.0. The minimum atomic E-state index is -0.944. The predicted octanol–water partition coefficient (Wildman–Crippen LogP) is 4.76. The van der Waals surface area contributed by atoms with Crippen LogP contribution in [0.15, 0.2) is 60.7 Å². The zero-order valence-electron chi connectivity index (χ0n) is 20.6. The molecule has 2 aliphatic heterocycles. The summed E-state index contributed by atoms with van der Waals surface area (Å²) in [7, 11) is 0. The fourth-order valence-electron chi connectivity index (χ4n) is 6.47. The van der Waals surface area contributed by atoms with Crippen molar-refractivity contribution in [1.82, 2.24) is 9.80 Å². The van der Waals surface area contributed by atoms with Crippen molar-refractivity contribution in [3.8, 4) is 0 Å². The average molecular weight is 491 g/mol. The highest BCUT2D eigenvalue weighted by molar-refractivity contribution is 5.89. The van der Waals surface area contributed by atoms with E-state index in [1.54, 1.807) is 12.1 Å². The van der Waals surface area contributed by atoms with E-state index in [0.717, 1.165) is 38.5 Å². The molecule has 2 amide bonds. The Morgan fingerprint density at radius 1 is 0.972 bits per heavy atom. The van der Waals surface area contributed by atoms with E-state index in [0.29, 0.717) is 24.9 Å². The van der Waals surface area contributed by atoms with Crippen molar-refractivity contribution in [3.05, 3.63) is 71.8 Å². The van der Waals surface area contributed by atoms with E-state index in [4.69, 9.17) is 4.74 Å². The molecule has 2 atom stereocenters. The summed E-state index contributed by atoms with van der Waals surface area (Å²) in [6, 6.07) is 19.4. The van der Waals surface area contributed by atoms with Gasteiger partial charge in [-0.05, 0) is 69.1 Å². The third-order valence-corrected chi connectivity index (χ3v) is 8.19. The second-order valence-corrected chi connectivity index (χ2v) is 10.5. The van der Waals surface area contributed by atoms with Crippen LogP contribution in [0.1, 0.15) is 60.9 Å². The quantitative estimate of drug-likeness (QED) is 0.611. The highest BCUT2D eigenvalue weighted by Crippen LogP contribution is 2.46. The number of nitrogens with zero attached hydrogens (tertiary/aromatic N) is 2. The predicted molar refractivity (Wildman–Crippen MR) is 135 cm³/mol. The van der Waals surface area contributed by atoms with Crippen LogP contribution in [-0.2, 0) is 16.0 Å². The molecule has 5 rings (SSSR count). The fraction of sp³-hybridized carbons (Fsp3) is 0.483. The summed E-state index contributed by atoms with van der Waals surface area (Å²) in [4.78, 5) is 41.8. The van der Waals surface area contributed by atoms with E-state index in [1.165, 1.54) is 10.5 Å². The molecule has 3 aliphatic rings. The van der Waals surface area contributed by atoms with E-state index < -0.39 is 11.5 Å². The molecule has 3 fully saturated rings. The second-order valence-electron chi connectivity index (χ2n) is 10.5. The molecule has 2 saturated heterocycles. The molecule has 36 heavy (non-hydrogen) atoms. The fourth-order valence-corrected chi connectivity index (χ4v) is 6.47. The van der Waals surface area contributed by atoms with E-state index in [1.807, 2.05) is 36.4 Å². The first kappa shape index (κ1) is 24.3. The molecule has 7 heteroatoms. The van der Waals surface area contributed by atoms with E-state index in [9.17, 15) is 19.5 Å². The normalized spacial score (nSPS) is 28.3. The number of hydrogen-bond acceptors (Lipinski definition) is 4. The number of carbonyl (C=O) groups is 3. The zero-order chi connectivity index (χ0) is 25.1. The van der Waals surface area contributed by atoms with Crippen LogP contribution < -0.4 is 0 Å². The minimum absolute atomic E-state index is 0.0436. The SMILES string of the molecule is O=C(O[C@H]1CC[C@@H](N2C(=O)[C@]3(CCCN(C(=O)O)C3)CC2Cc2ccccc2)CC1)c1ccccc1. The number of ether oxygens (including phenoxy) is 1. The van der Waals surface area contributed by atoms with Crippen molar-refractivity contribution >= 4 is 18.0 Å². The van der Waals surface area contributed by atoms with Crippen molar-refractivity contribution in [2.24, 2.45) is 5.41 Å². The summed E-state index contributed by atoms with van der Waals surface area (Å²) in [6.45, 7) is 0.776. The lowest BCUT2D eigenvalue weighted by molar-refractivity contribution is -0.142. The molecule has 7 nitrogen and oxygen atoms in total. The zero-order valence-corrected chi connectivity index (χ0v) is 20.6. The molecule has 2 aromatic carbocycles. The lowest BCUT2D eigenvalue weighted by Crippen LogP contribution is -2.51. The van der Waals surface area contributed by atoms with Gasteiger partial charge in [-0.25, -0.2) is 9.59 Å². The Labute approximate surface area is 212 Å². The van der Waals surface area contributed by atoms with Gasteiger partial charge in [0.05, 0.1) is 11.0 Å². The van der Waals surface area contributed by atoms with Crippen molar-refractivity contribution in [1.29, 1.82) is 0 Å². The number of benzene rings is 2. The van der Waals surface area contributed by atoms with Crippen LogP contribution in [0.4, 0.5) is 4.79 Å². The molecule has 1 spiro atoms. The molecule has 1 aliphatic carbocycles. The van der Waals surface area contributed by atoms with Gasteiger partial charge in [0.1, 0.15) is 6.10 Å². The third-order valence-electron chi connectivity index (χ3n) is 8.19. The van der Waals surface area contributed by atoms with E-state index in [-0.39, 0.29) is 36.6 Å². The van der Waals surface area contributed by atoms with Gasteiger partial charge in [0.2, 0.25) is 5.91 Å². The summed E-state index contributed by atoms with van der Waals surface area (Å²) in [5.74, 6) is -0.188. The molecular formula is C29H34N2O5. The van der Waals surface area contributed by atoms with Crippen molar-refractivity contribution in [2.75, 3.05) is 13.1 Å². The van der Waals surface area contributed by atoms with Gasteiger partial charge in [-0.3, -0.25) is 4.79 Å². The molecule has 0 bridgehead atoms. The van der Waals surface area contributed by atoms with Crippen LogP contribution in [0.2, 0.25) is 0 Å². The molecule has 1 saturated carbocycles. The smallest absolute Gasteiger partial charge is 0.407 e. The van der Waals surface area contributed by atoms with Gasteiger partial charge in [0, 0.05) is 25.2 Å². The second kappa shape index (κ2) is 10.3. The molecule has 0 aromatic heterocycles. The first-order valence-electron chi connectivity index (χ1n) is 13.1. The summed E-state index contributed by atoms with van der Waals surface area (Å²) in [5, 5.41) is 9.63. The minimum Gasteiger partial charge on any atom is -0.465 e. The van der Waals surface area contributed by atoms with Gasteiger partial charge in [0.25, 0.3) is 0 Å². The number of hydrogen-bond donors (Lipinski definition) is 1. The first-order chi connectivity index (χ1) is 17.4. The number of carboxylic acid groups (broad SMARTS) is 1. The molecule has 1 unspecified atom stereocenters. The lowest BCUT2D eigenvalue weighted by Gasteiger charge is -2.40. The van der Waals surface area contributed by atoms with Gasteiger partial charge in [0.15, 0.2) is 0 Å². The molecule has 2 heterocycles. The molecule has 2 aromatic rings. The monoisotopic (exact) mass is 490 g/mol. The van der Waals surface area contributed by atoms with Crippen LogP contribution in [-0.4, -0.2) is 64.2 Å². The average Bonchev–Trinajstić information content (AvgIpc) is 3.15. The van der Waals surface area contributed by atoms with Crippen LogP contribution in [0.25, 0.3) is 0 Å². The Bertz CT molecular complexity index is 1080. The van der Waals surface area contributed by atoms with Crippen molar-refractivity contribution < 1.29 is 24.2 Å². The number of rotatable bonds is 5. The summed E-state index contributed by atoms with van der Waals surface area (Å²) < 4.78 is 5.77. The topological polar surface area (TPSA) is 87.2 Å². The van der Waals surface area contributed by atoms with Crippen LogP contribution >= 0.6 is 0 Å². The van der Waals surface area contributed by atoms with Crippen LogP contribution in [0.5, 0.6) is 0 Å². The van der Waals surface area contributed by atoms with Gasteiger partial charge in [-0.15, -0.1) is 0 Å². The van der Waals surface area contributed by atoms with E-state index in [2.05, 4.69) is 17.0 Å². The van der Waals surface area contributed by atoms with Gasteiger partial charge >= 0.3 is 12.1 Å². The molecule has 0 radical (unpaired) electrons. The van der Waals surface area contributed by atoms with E-state index >= 15 is 0 Å². The lowest BCUT2D eigenvalue weighted by atomic mass is 9.77. The van der Waals surface area contributed by atoms with Gasteiger partial charge < -0.3 is 19.6 Å². The number of esters is 1. The number of amides is 2. The van der Waals surface area contributed by atoms with Crippen LogP contribution in [0.3, 0.4) is 0 Å². The summed E-state index contributed by atoms with van der Waals surface area (Å²) >= 11 is 0. The summed E-state index contributed by atoms with van der Waals surface area (Å²) in [6.07, 6.45) is 4.82. The Hall–Kier alpha value is -3.35. The molecule has 1 N–H and O–H groups in total. The highest BCUT2D eigenvalue weighted by atomic mass is 16.5. The van der Waals surface area contributed by atoms with Gasteiger partial charge in [-0.1, -0.05) is 48.5 Å². The Morgan fingerprint density at radius 3 is 2.31 bits per heavy atom. The maximum atomic E-state index is 14.0. The maximum Gasteiger partial charge on any atom is 0.407 e. The van der Waals surface area contributed by atoms with Crippen molar-refractivity contribution in [3.63, 3.8) is 0 Å². The Kier molecular flexibility index (Phi) is 6.99. The summed E-state index contributed by atoms with van der Waals surface area (Å²) in [5.41, 5.74) is 1.11. The molecule has 190 valence electrons. The Balaban J connectivity index is 1.30. The Morgan fingerprint density at radius 2 is 1.64 bits per heavy atom. The van der Waals surface area contributed by atoms with Crippen LogP contribution in [0, 0.1) is 5.41 Å². The molecular weight excluding hydrogens is 456 g/mol. The third kappa shape index (κ3) is 4.97. The number of likely N-dealkylation sites (tertiary alicyclic amines) is 2. The standard InChI is InChI=1S/C29H34N2O5/c32-26(22-10-5-2-6-11-22)36-25-14-12-23(13-15-25)31-24(18-21-8-3-1-4-9-21)19-29(27(31)33)16-7-17-30(20-29)28(34)35/h1-6,8-11,23-25H,7,12-20H2,(H,34,35)/t23-,24?,25+,29-/m1/s1.